The van der Waals surface area contributed by atoms with Gasteiger partial charge in [-0.05, 0) is 63.1 Å². The fraction of sp³-hybridized carbons (Fsp3) is 0.739. The molecule has 3 rings (SSSR count). The Labute approximate surface area is 209 Å². The van der Waals surface area contributed by atoms with E-state index in [0.717, 1.165) is 51.3 Å². The highest BCUT2D eigenvalue weighted by Crippen LogP contribution is 2.39. The van der Waals surface area contributed by atoms with E-state index in [9.17, 15) is 4.79 Å². The highest BCUT2D eigenvalue weighted by molar-refractivity contribution is 14.0. The number of piperidine rings is 1. The minimum absolute atomic E-state index is 0. The van der Waals surface area contributed by atoms with Gasteiger partial charge in [-0.1, -0.05) is 18.9 Å². The van der Waals surface area contributed by atoms with E-state index in [1.54, 1.807) is 4.90 Å². The fourth-order valence-electron chi connectivity index (χ4n) is 4.75. The molecule has 2 aliphatic rings. The first-order valence-electron chi connectivity index (χ1n) is 11.5. The second-order valence-corrected chi connectivity index (χ2v) is 10.1. The Balaban J connectivity index is 0.00000341. The van der Waals surface area contributed by atoms with Gasteiger partial charge in [0.05, 0.1) is 12.0 Å². The molecule has 2 fully saturated rings. The minimum Gasteiger partial charge on any atom is -0.357 e. The fourth-order valence-corrected chi connectivity index (χ4v) is 5.50. The van der Waals surface area contributed by atoms with Gasteiger partial charge in [0.25, 0.3) is 0 Å². The van der Waals surface area contributed by atoms with Crippen LogP contribution in [0.1, 0.15) is 50.3 Å². The predicted molar refractivity (Wildman–Crippen MR) is 141 cm³/mol. The third kappa shape index (κ3) is 7.60. The average Bonchev–Trinajstić information content (AvgIpc) is 3.43. The molecule has 1 aromatic rings. The van der Waals surface area contributed by atoms with Crippen molar-refractivity contribution in [3.8, 4) is 0 Å². The second kappa shape index (κ2) is 13.0. The predicted octanol–water partition coefficient (Wildman–Crippen LogP) is 3.78. The van der Waals surface area contributed by atoms with Gasteiger partial charge in [0, 0.05) is 38.6 Å². The Bertz CT molecular complexity index is 680. The number of nitrogens with one attached hydrogen (secondary N) is 2. The molecule has 0 atom stereocenters. The zero-order valence-electron chi connectivity index (χ0n) is 19.4. The Kier molecular flexibility index (Phi) is 11.1. The molecule has 1 aliphatic carbocycles. The van der Waals surface area contributed by atoms with Crippen molar-refractivity contribution in [3.63, 3.8) is 0 Å². The van der Waals surface area contributed by atoms with Crippen molar-refractivity contribution < 1.29 is 4.79 Å². The molecule has 0 aromatic carbocycles. The molecule has 8 heteroatoms. The lowest BCUT2D eigenvalue weighted by atomic mass is 9.85. The van der Waals surface area contributed by atoms with Gasteiger partial charge >= 0.3 is 0 Å². The quantitative estimate of drug-likeness (QED) is 0.288. The summed E-state index contributed by atoms with van der Waals surface area (Å²) in [6.07, 6.45) is 6.61. The molecule has 1 saturated carbocycles. The van der Waals surface area contributed by atoms with Crippen LogP contribution in [0.25, 0.3) is 0 Å². The topological polar surface area (TPSA) is 60.0 Å². The monoisotopic (exact) mass is 561 g/mol. The number of nitrogens with zero attached hydrogens (tertiary/aromatic N) is 3. The van der Waals surface area contributed by atoms with E-state index < -0.39 is 0 Å². The van der Waals surface area contributed by atoms with Crippen molar-refractivity contribution in [2.45, 2.75) is 52.0 Å². The molecule has 1 amide bonds. The van der Waals surface area contributed by atoms with E-state index in [4.69, 9.17) is 4.99 Å². The van der Waals surface area contributed by atoms with Gasteiger partial charge in [-0.3, -0.25) is 14.7 Å². The summed E-state index contributed by atoms with van der Waals surface area (Å²) in [5.41, 5.74) is -0.307. The summed E-state index contributed by atoms with van der Waals surface area (Å²) in [5.74, 6) is 1.77. The van der Waals surface area contributed by atoms with E-state index in [1.807, 2.05) is 25.4 Å². The van der Waals surface area contributed by atoms with E-state index in [0.29, 0.717) is 12.5 Å². The average molecular weight is 562 g/mol. The first kappa shape index (κ1) is 26.4. The van der Waals surface area contributed by atoms with Gasteiger partial charge in [-0.15, -0.1) is 35.3 Å². The molecule has 0 bridgehead atoms. The number of halogens is 1. The Hall–Kier alpha value is -0.870. The summed E-state index contributed by atoms with van der Waals surface area (Å²) < 4.78 is 0. The first-order valence-corrected chi connectivity index (χ1v) is 12.4. The molecule has 0 spiro atoms. The Morgan fingerprint density at radius 3 is 2.55 bits per heavy atom. The number of thiophene rings is 1. The zero-order valence-corrected chi connectivity index (χ0v) is 22.5. The normalized spacial score (nSPS) is 19.6. The number of rotatable bonds is 8. The first-order chi connectivity index (χ1) is 14.5. The summed E-state index contributed by atoms with van der Waals surface area (Å²) in [7, 11) is 3.72. The molecule has 0 radical (unpaired) electrons. The molecular weight excluding hydrogens is 521 g/mol. The van der Waals surface area contributed by atoms with Crippen LogP contribution < -0.4 is 10.6 Å². The lowest BCUT2D eigenvalue weighted by Crippen LogP contribution is -2.44. The minimum atomic E-state index is -0.307. The summed E-state index contributed by atoms with van der Waals surface area (Å²) in [6, 6.07) is 4.37. The number of hydrogen-bond acceptors (Lipinski definition) is 4. The van der Waals surface area contributed by atoms with Crippen molar-refractivity contribution in [3.05, 3.63) is 22.4 Å². The lowest BCUT2D eigenvalue weighted by molar-refractivity contribution is -0.138. The maximum Gasteiger partial charge on any atom is 0.230 e. The molecule has 31 heavy (non-hydrogen) atoms. The third-order valence-corrected chi connectivity index (χ3v) is 7.39. The number of hydrogen-bond donors (Lipinski definition) is 2. The van der Waals surface area contributed by atoms with Crippen molar-refractivity contribution >= 4 is 47.2 Å². The van der Waals surface area contributed by atoms with Crippen molar-refractivity contribution in [2.75, 3.05) is 46.8 Å². The van der Waals surface area contributed by atoms with E-state index in [2.05, 4.69) is 40.0 Å². The van der Waals surface area contributed by atoms with E-state index in [1.165, 1.54) is 30.8 Å². The number of amides is 1. The largest absolute Gasteiger partial charge is 0.357 e. The molecule has 2 heterocycles. The summed E-state index contributed by atoms with van der Waals surface area (Å²) in [5, 5.41) is 9.09. The van der Waals surface area contributed by atoms with Crippen LogP contribution >= 0.6 is 35.3 Å². The molecule has 2 N–H and O–H groups in total. The van der Waals surface area contributed by atoms with Crippen LogP contribution in [0.2, 0.25) is 0 Å². The highest BCUT2D eigenvalue weighted by Gasteiger charge is 2.42. The molecular formula is C23H40IN5OS. The van der Waals surface area contributed by atoms with Crippen molar-refractivity contribution in [1.82, 2.24) is 20.4 Å². The Morgan fingerprint density at radius 2 is 1.97 bits per heavy atom. The maximum absolute atomic E-state index is 12.8. The van der Waals surface area contributed by atoms with Crippen LogP contribution in [0, 0.1) is 11.3 Å². The number of carbonyl (C=O) groups is 1. The van der Waals surface area contributed by atoms with Crippen molar-refractivity contribution in [2.24, 2.45) is 16.3 Å². The van der Waals surface area contributed by atoms with Gasteiger partial charge in [0.1, 0.15) is 0 Å². The molecule has 176 valence electrons. The Morgan fingerprint density at radius 1 is 1.26 bits per heavy atom. The SMILES string of the molecule is CCNC(=NCC1(C(=O)N(C)C)CCCC1)NCC1CCN(Cc2cccs2)CC1.I. The number of carbonyl (C=O) groups excluding carboxylic acids is 1. The van der Waals surface area contributed by atoms with Crippen LogP contribution in [-0.2, 0) is 11.3 Å². The third-order valence-electron chi connectivity index (χ3n) is 6.53. The number of guanidine groups is 1. The van der Waals surface area contributed by atoms with Crippen molar-refractivity contribution in [1.29, 1.82) is 0 Å². The molecule has 1 aliphatic heterocycles. The lowest BCUT2D eigenvalue weighted by Gasteiger charge is -2.32. The van der Waals surface area contributed by atoms with Gasteiger partial charge in [0.15, 0.2) is 5.96 Å². The zero-order chi connectivity index (χ0) is 21.4. The smallest absolute Gasteiger partial charge is 0.230 e. The summed E-state index contributed by atoms with van der Waals surface area (Å²) in [4.78, 5) is 23.4. The highest BCUT2D eigenvalue weighted by atomic mass is 127. The van der Waals surface area contributed by atoms with Gasteiger partial charge < -0.3 is 15.5 Å². The van der Waals surface area contributed by atoms with Crippen LogP contribution in [0.3, 0.4) is 0 Å². The van der Waals surface area contributed by atoms with Crippen LogP contribution in [-0.4, -0.2) is 68.5 Å². The van der Waals surface area contributed by atoms with Gasteiger partial charge in [-0.25, -0.2) is 0 Å². The standard InChI is InChI=1S/C23H39N5OS.HI/c1-4-24-22(26-18-23(11-5-6-12-23)21(29)27(2)3)25-16-19-9-13-28(14-10-19)17-20-8-7-15-30-20;/h7-8,15,19H,4-6,9-14,16-18H2,1-3H3,(H2,24,25,26);1H. The van der Waals surface area contributed by atoms with Gasteiger partial charge in [0.2, 0.25) is 5.91 Å². The number of aliphatic imine (C=N–C) groups is 1. The summed E-state index contributed by atoms with van der Waals surface area (Å²) >= 11 is 1.85. The molecule has 6 nitrogen and oxygen atoms in total. The van der Waals surface area contributed by atoms with Crippen LogP contribution in [0.5, 0.6) is 0 Å². The number of likely N-dealkylation sites (tertiary alicyclic amines) is 1. The molecule has 1 aromatic heterocycles. The van der Waals surface area contributed by atoms with Crippen LogP contribution in [0.4, 0.5) is 0 Å². The van der Waals surface area contributed by atoms with E-state index >= 15 is 0 Å². The summed E-state index contributed by atoms with van der Waals surface area (Å²) in [6.45, 7) is 7.88. The van der Waals surface area contributed by atoms with E-state index in [-0.39, 0.29) is 35.3 Å². The van der Waals surface area contributed by atoms with Crippen LogP contribution in [0.15, 0.2) is 22.5 Å². The second-order valence-electron chi connectivity index (χ2n) is 9.06. The molecule has 0 unspecified atom stereocenters. The van der Waals surface area contributed by atoms with Gasteiger partial charge in [-0.2, -0.15) is 0 Å². The molecule has 1 saturated heterocycles. The maximum atomic E-state index is 12.8.